The van der Waals surface area contributed by atoms with E-state index in [1.54, 1.807) is 26.4 Å². The molecule has 0 bridgehead atoms. The van der Waals surface area contributed by atoms with Crippen LogP contribution in [0.25, 0.3) is 22.3 Å². The number of H-pyrrole nitrogens is 1. The highest BCUT2D eigenvalue weighted by Crippen LogP contribution is 2.40. The van der Waals surface area contributed by atoms with Crippen LogP contribution in [0.5, 0.6) is 11.5 Å². The van der Waals surface area contributed by atoms with Gasteiger partial charge in [-0.1, -0.05) is 23.2 Å². The molecule has 0 saturated carbocycles. The molecule has 1 aliphatic rings. The summed E-state index contributed by atoms with van der Waals surface area (Å²) in [4.78, 5) is 14.5. The van der Waals surface area contributed by atoms with E-state index in [0.29, 0.717) is 40.4 Å². The standard InChI is InChI=1S/C21H20Cl2N6O2/c1-30-17-7-12(14(22)8-18(17)31-2)13-9-24-29-6-5-28(10-16(13)29)11-20-25-15-3-4-19(23)26-21(15)27-20/h3-4,7-9H,5-6,10-11H2,1-2H3,(H,25,26,27). The Morgan fingerprint density at radius 3 is 2.65 bits per heavy atom. The number of fused-ring (bicyclic) bond motifs is 2. The predicted molar refractivity (Wildman–Crippen MR) is 119 cm³/mol. The molecule has 0 fully saturated rings. The van der Waals surface area contributed by atoms with Crippen LogP contribution < -0.4 is 9.47 Å². The number of benzene rings is 1. The fourth-order valence-corrected chi connectivity index (χ4v) is 4.32. The van der Waals surface area contributed by atoms with Crippen molar-refractivity contribution in [2.45, 2.75) is 19.6 Å². The van der Waals surface area contributed by atoms with E-state index in [-0.39, 0.29) is 0 Å². The number of hydrogen-bond donors (Lipinski definition) is 1. The number of imidazole rings is 1. The molecule has 4 heterocycles. The van der Waals surface area contributed by atoms with Gasteiger partial charge in [0.05, 0.1) is 49.7 Å². The Morgan fingerprint density at radius 2 is 1.84 bits per heavy atom. The van der Waals surface area contributed by atoms with E-state index in [4.69, 9.17) is 32.7 Å². The molecule has 0 spiro atoms. The van der Waals surface area contributed by atoms with Crippen molar-refractivity contribution in [3.05, 3.63) is 52.2 Å². The SMILES string of the molecule is COc1cc(Cl)c(-c2cnn3c2CN(Cc2nc4nc(Cl)ccc4[nH]2)CC3)cc1OC. The second kappa shape index (κ2) is 8.03. The zero-order chi connectivity index (χ0) is 21.5. The van der Waals surface area contributed by atoms with Crippen molar-refractivity contribution in [2.24, 2.45) is 0 Å². The lowest BCUT2D eigenvalue weighted by atomic mass is 10.0. The maximum Gasteiger partial charge on any atom is 0.179 e. The molecule has 8 nitrogen and oxygen atoms in total. The summed E-state index contributed by atoms with van der Waals surface area (Å²) in [7, 11) is 3.20. The molecule has 1 aliphatic heterocycles. The first-order valence-corrected chi connectivity index (χ1v) is 10.5. The topological polar surface area (TPSA) is 81.1 Å². The number of pyridine rings is 1. The fraction of sp³-hybridized carbons (Fsp3) is 0.286. The van der Waals surface area contributed by atoms with Gasteiger partial charge < -0.3 is 14.5 Å². The lowest BCUT2D eigenvalue weighted by molar-refractivity contribution is 0.201. The summed E-state index contributed by atoms with van der Waals surface area (Å²) >= 11 is 12.6. The molecule has 0 unspecified atom stereocenters. The summed E-state index contributed by atoms with van der Waals surface area (Å²) in [5, 5.41) is 5.59. The molecule has 0 aliphatic carbocycles. The van der Waals surface area contributed by atoms with Crippen molar-refractivity contribution in [1.29, 1.82) is 0 Å². The van der Waals surface area contributed by atoms with Crippen LogP contribution in [-0.4, -0.2) is 50.4 Å². The Labute approximate surface area is 188 Å². The summed E-state index contributed by atoms with van der Waals surface area (Å²) < 4.78 is 12.8. The van der Waals surface area contributed by atoms with Crippen LogP contribution in [-0.2, 0) is 19.6 Å². The minimum atomic E-state index is 0.434. The fourth-order valence-electron chi connectivity index (χ4n) is 3.92. The monoisotopic (exact) mass is 458 g/mol. The molecule has 0 saturated heterocycles. The summed E-state index contributed by atoms with van der Waals surface area (Å²) in [6.45, 7) is 3.02. The quantitative estimate of drug-likeness (QED) is 0.452. The van der Waals surface area contributed by atoms with Crippen molar-refractivity contribution in [1.82, 2.24) is 29.6 Å². The molecule has 31 heavy (non-hydrogen) atoms. The molecular formula is C21H20Cl2N6O2. The van der Waals surface area contributed by atoms with Gasteiger partial charge in [-0.05, 0) is 18.2 Å². The third kappa shape index (κ3) is 3.71. The van der Waals surface area contributed by atoms with Crippen molar-refractivity contribution < 1.29 is 9.47 Å². The van der Waals surface area contributed by atoms with Gasteiger partial charge in [0, 0.05) is 30.3 Å². The number of nitrogens with zero attached hydrogens (tertiary/aromatic N) is 5. The highest BCUT2D eigenvalue weighted by atomic mass is 35.5. The number of rotatable bonds is 5. The van der Waals surface area contributed by atoms with Gasteiger partial charge in [0.1, 0.15) is 11.0 Å². The highest BCUT2D eigenvalue weighted by Gasteiger charge is 2.24. The van der Waals surface area contributed by atoms with Crippen molar-refractivity contribution in [3.8, 4) is 22.6 Å². The number of aromatic nitrogens is 5. The number of ether oxygens (including phenoxy) is 2. The second-order valence-electron chi connectivity index (χ2n) is 7.31. The van der Waals surface area contributed by atoms with Gasteiger partial charge in [0.2, 0.25) is 0 Å². The third-order valence-corrected chi connectivity index (χ3v) is 5.97. The smallest absolute Gasteiger partial charge is 0.179 e. The van der Waals surface area contributed by atoms with Crippen LogP contribution in [0.1, 0.15) is 11.5 Å². The Kier molecular flexibility index (Phi) is 5.21. The minimum Gasteiger partial charge on any atom is -0.493 e. The molecule has 160 valence electrons. The van der Waals surface area contributed by atoms with Gasteiger partial charge in [-0.3, -0.25) is 9.58 Å². The van der Waals surface area contributed by atoms with Gasteiger partial charge in [-0.2, -0.15) is 5.10 Å². The Hall–Kier alpha value is -2.81. The summed E-state index contributed by atoms with van der Waals surface area (Å²) in [5.41, 5.74) is 4.44. The molecule has 1 aromatic carbocycles. The third-order valence-electron chi connectivity index (χ3n) is 5.45. The second-order valence-corrected chi connectivity index (χ2v) is 8.11. The number of aromatic amines is 1. The van der Waals surface area contributed by atoms with Crippen molar-refractivity contribution in [2.75, 3.05) is 20.8 Å². The van der Waals surface area contributed by atoms with Crippen molar-refractivity contribution >= 4 is 34.4 Å². The lowest BCUT2D eigenvalue weighted by Gasteiger charge is -2.27. The minimum absolute atomic E-state index is 0.434. The molecule has 1 N–H and O–H groups in total. The summed E-state index contributed by atoms with van der Waals surface area (Å²) in [6, 6.07) is 7.31. The first-order valence-electron chi connectivity index (χ1n) is 9.76. The van der Waals surface area contributed by atoms with E-state index in [0.717, 1.165) is 41.3 Å². The molecule has 0 amide bonds. The van der Waals surface area contributed by atoms with Crippen LogP contribution in [0.4, 0.5) is 0 Å². The van der Waals surface area contributed by atoms with E-state index in [1.165, 1.54) is 0 Å². The number of nitrogens with one attached hydrogen (secondary N) is 1. The van der Waals surface area contributed by atoms with E-state index < -0.39 is 0 Å². The highest BCUT2D eigenvalue weighted by molar-refractivity contribution is 6.33. The molecule has 4 aromatic rings. The summed E-state index contributed by atoms with van der Waals surface area (Å²) in [5.74, 6) is 2.07. The first kappa shape index (κ1) is 20.1. The molecule has 10 heteroatoms. The Morgan fingerprint density at radius 1 is 1.03 bits per heavy atom. The molecular weight excluding hydrogens is 439 g/mol. The van der Waals surface area contributed by atoms with Gasteiger partial charge >= 0.3 is 0 Å². The molecule has 0 atom stereocenters. The van der Waals surface area contributed by atoms with Crippen LogP contribution in [0, 0.1) is 0 Å². The average Bonchev–Trinajstić information content (AvgIpc) is 3.36. The molecule has 3 aromatic heterocycles. The van der Waals surface area contributed by atoms with Crippen molar-refractivity contribution in [3.63, 3.8) is 0 Å². The van der Waals surface area contributed by atoms with Gasteiger partial charge in [0.15, 0.2) is 17.1 Å². The van der Waals surface area contributed by atoms with Gasteiger partial charge in [-0.15, -0.1) is 0 Å². The van der Waals surface area contributed by atoms with Gasteiger partial charge in [0.25, 0.3) is 0 Å². The zero-order valence-corrected chi connectivity index (χ0v) is 18.5. The average molecular weight is 459 g/mol. The largest absolute Gasteiger partial charge is 0.493 e. The number of halogens is 2. The lowest BCUT2D eigenvalue weighted by Crippen LogP contribution is -2.34. The van der Waals surface area contributed by atoms with E-state index in [1.807, 2.05) is 23.0 Å². The molecule has 5 rings (SSSR count). The Balaban J connectivity index is 1.43. The first-order chi connectivity index (χ1) is 15.1. The Bertz CT molecular complexity index is 1270. The number of hydrogen-bond acceptors (Lipinski definition) is 6. The van der Waals surface area contributed by atoms with Crippen LogP contribution >= 0.6 is 23.2 Å². The van der Waals surface area contributed by atoms with E-state index >= 15 is 0 Å². The van der Waals surface area contributed by atoms with Gasteiger partial charge in [-0.25, -0.2) is 9.97 Å². The van der Waals surface area contributed by atoms with Crippen LogP contribution in [0.15, 0.2) is 30.5 Å². The maximum absolute atomic E-state index is 6.58. The molecule has 0 radical (unpaired) electrons. The predicted octanol–water partition coefficient (Wildman–Crippen LogP) is 4.16. The zero-order valence-electron chi connectivity index (χ0n) is 17.0. The van der Waals surface area contributed by atoms with Crippen LogP contribution in [0.3, 0.4) is 0 Å². The normalized spacial score (nSPS) is 14.1. The van der Waals surface area contributed by atoms with E-state index in [9.17, 15) is 0 Å². The van der Waals surface area contributed by atoms with E-state index in [2.05, 4.69) is 25.0 Å². The maximum atomic E-state index is 6.58. The summed E-state index contributed by atoms with van der Waals surface area (Å²) in [6.07, 6.45) is 1.86. The number of methoxy groups -OCH3 is 2. The van der Waals surface area contributed by atoms with Crippen LogP contribution in [0.2, 0.25) is 10.2 Å².